The van der Waals surface area contributed by atoms with E-state index in [1.807, 2.05) is 38.1 Å². The van der Waals surface area contributed by atoms with Crippen molar-refractivity contribution >= 4 is 11.9 Å². The van der Waals surface area contributed by atoms with Gasteiger partial charge in [0.15, 0.2) is 5.82 Å². The van der Waals surface area contributed by atoms with Crippen LogP contribution in [-0.2, 0) is 0 Å². The topological polar surface area (TPSA) is 77.7 Å². The van der Waals surface area contributed by atoms with E-state index < -0.39 is 0 Å². The van der Waals surface area contributed by atoms with Crippen molar-refractivity contribution < 1.29 is 0 Å². The number of nitriles is 1. The number of anilines is 2. The first-order valence-electron chi connectivity index (χ1n) is 6.32. The van der Waals surface area contributed by atoms with Crippen LogP contribution in [0.5, 0.6) is 0 Å². The number of hydrogen-bond acceptors (Lipinski definition) is 6. The molecule has 0 saturated heterocycles. The second-order valence-corrected chi connectivity index (χ2v) is 4.40. The lowest BCUT2D eigenvalue weighted by Gasteiger charge is -2.13. The van der Waals surface area contributed by atoms with Gasteiger partial charge in [0.25, 0.3) is 0 Å². The Balaban J connectivity index is 2.51. The van der Waals surface area contributed by atoms with Gasteiger partial charge >= 0.3 is 0 Å². The average Bonchev–Trinajstić information content (AvgIpc) is 2.47. The van der Waals surface area contributed by atoms with Crippen LogP contribution >= 0.6 is 0 Å². The summed E-state index contributed by atoms with van der Waals surface area (Å²) in [4.78, 5) is 14.9. The maximum Gasteiger partial charge on any atom is 0.230 e. The summed E-state index contributed by atoms with van der Waals surface area (Å²) < 4.78 is 0. The second kappa shape index (κ2) is 5.97. The molecule has 0 atom stereocenters. The largest absolute Gasteiger partial charge is 0.354 e. The van der Waals surface area contributed by atoms with Crippen LogP contribution in [-0.4, -0.2) is 35.6 Å². The van der Waals surface area contributed by atoms with Crippen LogP contribution in [0.1, 0.15) is 12.5 Å². The van der Waals surface area contributed by atoms with E-state index in [-0.39, 0.29) is 0 Å². The standard InChI is InChI=1S/C14H16N6/c1-4-16-13-17-12(18-14(19-13)20(2)3)11-7-5-6-10(8-11)9-15/h5-8H,4H2,1-3H3,(H,16,17,18,19). The third kappa shape index (κ3) is 3.01. The molecule has 0 aliphatic heterocycles. The Morgan fingerprint density at radius 3 is 2.70 bits per heavy atom. The monoisotopic (exact) mass is 268 g/mol. The molecule has 0 aliphatic rings. The van der Waals surface area contributed by atoms with E-state index >= 15 is 0 Å². The number of benzene rings is 1. The first kappa shape index (κ1) is 13.7. The van der Waals surface area contributed by atoms with Crippen molar-refractivity contribution in [1.29, 1.82) is 5.26 Å². The molecular weight excluding hydrogens is 252 g/mol. The van der Waals surface area contributed by atoms with Crippen LogP contribution in [0.15, 0.2) is 24.3 Å². The lowest BCUT2D eigenvalue weighted by molar-refractivity contribution is 0.953. The van der Waals surface area contributed by atoms with Gasteiger partial charge < -0.3 is 10.2 Å². The van der Waals surface area contributed by atoms with Crippen molar-refractivity contribution in [3.63, 3.8) is 0 Å². The van der Waals surface area contributed by atoms with Crippen molar-refractivity contribution in [2.75, 3.05) is 30.9 Å². The molecule has 2 aromatic rings. The lowest BCUT2D eigenvalue weighted by Crippen LogP contribution is -2.15. The van der Waals surface area contributed by atoms with E-state index in [2.05, 4.69) is 26.3 Å². The molecule has 0 unspecified atom stereocenters. The van der Waals surface area contributed by atoms with Gasteiger partial charge in [-0.05, 0) is 19.1 Å². The molecule has 1 aromatic carbocycles. The molecule has 0 bridgehead atoms. The van der Waals surface area contributed by atoms with Crippen LogP contribution in [0, 0.1) is 11.3 Å². The summed E-state index contributed by atoms with van der Waals surface area (Å²) in [5.41, 5.74) is 1.38. The molecule has 0 radical (unpaired) electrons. The van der Waals surface area contributed by atoms with Gasteiger partial charge in [-0.25, -0.2) is 0 Å². The summed E-state index contributed by atoms with van der Waals surface area (Å²) in [5.74, 6) is 1.66. The van der Waals surface area contributed by atoms with E-state index in [0.29, 0.717) is 23.3 Å². The van der Waals surface area contributed by atoms with Crippen LogP contribution in [0.25, 0.3) is 11.4 Å². The zero-order chi connectivity index (χ0) is 14.5. The minimum atomic E-state index is 0.531. The number of nitrogens with zero attached hydrogens (tertiary/aromatic N) is 5. The molecule has 102 valence electrons. The summed E-state index contributed by atoms with van der Waals surface area (Å²) in [6.45, 7) is 2.71. The van der Waals surface area contributed by atoms with E-state index in [1.165, 1.54) is 0 Å². The fraction of sp³-hybridized carbons (Fsp3) is 0.286. The lowest BCUT2D eigenvalue weighted by atomic mass is 10.1. The van der Waals surface area contributed by atoms with Gasteiger partial charge in [0.1, 0.15) is 0 Å². The Bertz CT molecular complexity index is 644. The highest BCUT2D eigenvalue weighted by molar-refractivity contribution is 5.60. The highest BCUT2D eigenvalue weighted by Crippen LogP contribution is 2.19. The van der Waals surface area contributed by atoms with E-state index in [0.717, 1.165) is 12.1 Å². The van der Waals surface area contributed by atoms with Gasteiger partial charge in [-0.2, -0.15) is 20.2 Å². The Hall–Kier alpha value is -2.68. The highest BCUT2D eigenvalue weighted by Gasteiger charge is 2.10. The molecular formula is C14H16N6. The highest BCUT2D eigenvalue weighted by atomic mass is 15.3. The summed E-state index contributed by atoms with van der Waals surface area (Å²) in [6, 6.07) is 9.34. The third-order valence-electron chi connectivity index (χ3n) is 2.61. The molecule has 1 N–H and O–H groups in total. The maximum absolute atomic E-state index is 8.97. The fourth-order valence-electron chi connectivity index (χ4n) is 1.66. The van der Waals surface area contributed by atoms with Gasteiger partial charge in [0, 0.05) is 26.2 Å². The minimum Gasteiger partial charge on any atom is -0.354 e. The molecule has 0 spiro atoms. The predicted molar refractivity (Wildman–Crippen MR) is 78.5 cm³/mol. The number of aromatic nitrogens is 3. The fourth-order valence-corrected chi connectivity index (χ4v) is 1.66. The van der Waals surface area contributed by atoms with Crippen LogP contribution in [0.4, 0.5) is 11.9 Å². The molecule has 1 aromatic heterocycles. The average molecular weight is 268 g/mol. The molecule has 6 heteroatoms. The van der Waals surface area contributed by atoms with Gasteiger partial charge in [-0.3, -0.25) is 0 Å². The first-order valence-corrected chi connectivity index (χ1v) is 6.32. The van der Waals surface area contributed by atoms with Crippen molar-refractivity contribution in [2.45, 2.75) is 6.92 Å². The van der Waals surface area contributed by atoms with E-state index in [4.69, 9.17) is 5.26 Å². The summed E-state index contributed by atoms with van der Waals surface area (Å²) >= 11 is 0. The summed E-state index contributed by atoms with van der Waals surface area (Å²) in [5, 5.41) is 12.1. The van der Waals surface area contributed by atoms with Crippen LogP contribution < -0.4 is 10.2 Å². The first-order chi connectivity index (χ1) is 9.63. The van der Waals surface area contributed by atoms with Crippen molar-refractivity contribution in [2.24, 2.45) is 0 Å². The smallest absolute Gasteiger partial charge is 0.230 e. The predicted octanol–water partition coefficient (Wildman–Crippen LogP) is 1.91. The van der Waals surface area contributed by atoms with E-state index in [9.17, 15) is 0 Å². The number of nitrogens with one attached hydrogen (secondary N) is 1. The molecule has 0 amide bonds. The zero-order valence-corrected chi connectivity index (χ0v) is 11.8. The summed E-state index contributed by atoms with van der Waals surface area (Å²) in [7, 11) is 3.75. The van der Waals surface area contributed by atoms with Crippen LogP contribution in [0.3, 0.4) is 0 Å². The van der Waals surface area contributed by atoms with Crippen molar-refractivity contribution in [1.82, 2.24) is 15.0 Å². The van der Waals surface area contributed by atoms with Crippen molar-refractivity contribution in [3.8, 4) is 17.5 Å². The van der Waals surface area contributed by atoms with E-state index in [1.54, 1.807) is 12.1 Å². The minimum absolute atomic E-state index is 0.531. The SMILES string of the molecule is CCNc1nc(-c2cccc(C#N)c2)nc(N(C)C)n1. The normalized spacial score (nSPS) is 9.90. The zero-order valence-electron chi connectivity index (χ0n) is 11.8. The van der Waals surface area contributed by atoms with Crippen LogP contribution in [0.2, 0.25) is 0 Å². The maximum atomic E-state index is 8.97. The Morgan fingerprint density at radius 1 is 1.25 bits per heavy atom. The molecule has 20 heavy (non-hydrogen) atoms. The number of rotatable bonds is 4. The third-order valence-corrected chi connectivity index (χ3v) is 2.61. The molecule has 0 fully saturated rings. The molecule has 0 saturated carbocycles. The second-order valence-electron chi connectivity index (χ2n) is 4.40. The molecule has 0 aliphatic carbocycles. The summed E-state index contributed by atoms with van der Waals surface area (Å²) in [6.07, 6.45) is 0. The molecule has 6 nitrogen and oxygen atoms in total. The Morgan fingerprint density at radius 2 is 2.05 bits per heavy atom. The Kier molecular flexibility index (Phi) is 4.11. The van der Waals surface area contributed by atoms with Gasteiger partial charge in [0.05, 0.1) is 11.6 Å². The Labute approximate surface area is 118 Å². The molecule has 1 heterocycles. The molecule has 2 rings (SSSR count). The quantitative estimate of drug-likeness (QED) is 0.912. The van der Waals surface area contributed by atoms with Gasteiger partial charge in [0.2, 0.25) is 11.9 Å². The van der Waals surface area contributed by atoms with Gasteiger partial charge in [-0.15, -0.1) is 0 Å². The van der Waals surface area contributed by atoms with Gasteiger partial charge in [-0.1, -0.05) is 12.1 Å². The van der Waals surface area contributed by atoms with Crippen molar-refractivity contribution in [3.05, 3.63) is 29.8 Å². The number of hydrogen-bond donors (Lipinski definition) is 1.